The van der Waals surface area contributed by atoms with Crippen LogP contribution in [-0.2, 0) is 6.54 Å². The van der Waals surface area contributed by atoms with Crippen molar-refractivity contribution in [2.45, 2.75) is 26.4 Å². The quantitative estimate of drug-likeness (QED) is 0.902. The smallest absolute Gasteiger partial charge is 0.148 e. The van der Waals surface area contributed by atoms with Crippen LogP contribution in [0, 0.1) is 0 Å². The summed E-state index contributed by atoms with van der Waals surface area (Å²) < 4.78 is 1.91. The fourth-order valence-electron chi connectivity index (χ4n) is 1.56. The minimum absolute atomic E-state index is 0.366. The molecule has 0 amide bonds. The summed E-state index contributed by atoms with van der Waals surface area (Å²) in [4.78, 5) is 0. The van der Waals surface area contributed by atoms with Crippen LogP contribution in [0.15, 0.2) is 30.5 Å². The summed E-state index contributed by atoms with van der Waals surface area (Å²) >= 11 is 11.8. The molecule has 1 aromatic carbocycles. The maximum absolute atomic E-state index is 5.96. The molecule has 1 heterocycles. The SMILES string of the molecule is CC(C)n1ccc(NCc2ccc(Cl)c(Cl)c2)n1. The highest BCUT2D eigenvalue weighted by molar-refractivity contribution is 6.42. The van der Waals surface area contributed by atoms with E-state index in [0.717, 1.165) is 11.4 Å². The molecule has 0 unspecified atom stereocenters. The van der Waals surface area contributed by atoms with Crippen molar-refractivity contribution >= 4 is 29.0 Å². The Labute approximate surface area is 117 Å². The highest BCUT2D eigenvalue weighted by Gasteiger charge is 2.03. The van der Waals surface area contributed by atoms with E-state index in [1.807, 2.05) is 29.1 Å². The molecule has 2 aromatic rings. The van der Waals surface area contributed by atoms with Crippen LogP contribution >= 0.6 is 23.2 Å². The zero-order valence-electron chi connectivity index (χ0n) is 10.3. The van der Waals surface area contributed by atoms with Crippen molar-refractivity contribution in [1.29, 1.82) is 0 Å². The number of benzene rings is 1. The van der Waals surface area contributed by atoms with Crippen LogP contribution in [0.5, 0.6) is 0 Å². The van der Waals surface area contributed by atoms with Gasteiger partial charge in [-0.2, -0.15) is 5.10 Å². The molecule has 0 aliphatic rings. The van der Waals surface area contributed by atoms with E-state index in [1.165, 1.54) is 0 Å². The summed E-state index contributed by atoms with van der Waals surface area (Å²) in [6, 6.07) is 7.92. The molecule has 0 aliphatic carbocycles. The van der Waals surface area contributed by atoms with Gasteiger partial charge in [-0.05, 0) is 31.5 Å². The lowest BCUT2D eigenvalue weighted by atomic mass is 10.2. The van der Waals surface area contributed by atoms with Gasteiger partial charge in [-0.25, -0.2) is 0 Å². The van der Waals surface area contributed by atoms with E-state index in [0.29, 0.717) is 22.6 Å². The Hall–Kier alpha value is -1.19. The van der Waals surface area contributed by atoms with E-state index in [2.05, 4.69) is 24.3 Å². The fraction of sp³-hybridized carbons (Fsp3) is 0.308. The molecule has 1 N–H and O–H groups in total. The Kier molecular flexibility index (Phi) is 4.15. The number of hydrogen-bond acceptors (Lipinski definition) is 2. The van der Waals surface area contributed by atoms with Gasteiger partial charge in [-0.1, -0.05) is 29.3 Å². The van der Waals surface area contributed by atoms with Crippen LogP contribution < -0.4 is 5.32 Å². The Morgan fingerprint density at radius 3 is 2.61 bits per heavy atom. The Morgan fingerprint density at radius 1 is 1.22 bits per heavy atom. The van der Waals surface area contributed by atoms with Gasteiger partial charge >= 0.3 is 0 Å². The van der Waals surface area contributed by atoms with Crippen molar-refractivity contribution in [3.05, 3.63) is 46.1 Å². The fourth-order valence-corrected chi connectivity index (χ4v) is 1.88. The van der Waals surface area contributed by atoms with Crippen molar-refractivity contribution in [3.8, 4) is 0 Å². The molecule has 0 atom stereocenters. The lowest BCUT2D eigenvalue weighted by Crippen LogP contribution is -2.04. The molecule has 0 bridgehead atoms. The van der Waals surface area contributed by atoms with E-state index in [4.69, 9.17) is 23.2 Å². The lowest BCUT2D eigenvalue weighted by Gasteiger charge is -2.06. The van der Waals surface area contributed by atoms with Crippen LogP contribution in [0.4, 0.5) is 5.82 Å². The van der Waals surface area contributed by atoms with E-state index in [-0.39, 0.29) is 0 Å². The van der Waals surface area contributed by atoms with Crippen molar-refractivity contribution < 1.29 is 0 Å². The van der Waals surface area contributed by atoms with E-state index < -0.39 is 0 Å². The molecule has 0 saturated heterocycles. The zero-order chi connectivity index (χ0) is 13.1. The maximum atomic E-state index is 5.96. The Balaban J connectivity index is 2.00. The number of nitrogens with one attached hydrogen (secondary N) is 1. The number of aromatic nitrogens is 2. The highest BCUT2D eigenvalue weighted by atomic mass is 35.5. The third kappa shape index (κ3) is 3.18. The summed E-state index contributed by atoms with van der Waals surface area (Å²) in [7, 11) is 0. The van der Waals surface area contributed by atoms with Gasteiger partial charge in [0.25, 0.3) is 0 Å². The minimum Gasteiger partial charge on any atom is -0.365 e. The van der Waals surface area contributed by atoms with Gasteiger partial charge in [0, 0.05) is 24.8 Å². The average molecular weight is 284 g/mol. The van der Waals surface area contributed by atoms with Gasteiger partial charge in [0.1, 0.15) is 5.82 Å². The summed E-state index contributed by atoms with van der Waals surface area (Å²) in [5.74, 6) is 0.856. The van der Waals surface area contributed by atoms with Crippen molar-refractivity contribution in [2.24, 2.45) is 0 Å². The second kappa shape index (κ2) is 5.63. The number of rotatable bonds is 4. The molecule has 0 radical (unpaired) electrons. The molecule has 0 saturated carbocycles. The second-order valence-electron chi connectivity index (χ2n) is 4.38. The molecule has 5 heteroatoms. The summed E-state index contributed by atoms with van der Waals surface area (Å²) in [6.45, 7) is 4.86. The monoisotopic (exact) mass is 283 g/mol. The van der Waals surface area contributed by atoms with E-state index in [9.17, 15) is 0 Å². The molecular weight excluding hydrogens is 269 g/mol. The third-order valence-electron chi connectivity index (χ3n) is 2.60. The molecule has 0 fully saturated rings. The van der Waals surface area contributed by atoms with Gasteiger partial charge in [-0.15, -0.1) is 0 Å². The van der Waals surface area contributed by atoms with Gasteiger partial charge < -0.3 is 5.32 Å². The standard InChI is InChI=1S/C13H15Cl2N3/c1-9(2)18-6-5-13(17-18)16-8-10-3-4-11(14)12(15)7-10/h3-7,9H,8H2,1-2H3,(H,16,17). The van der Waals surface area contributed by atoms with Crippen molar-refractivity contribution in [1.82, 2.24) is 9.78 Å². The zero-order valence-corrected chi connectivity index (χ0v) is 11.8. The molecule has 1 aromatic heterocycles. The van der Waals surface area contributed by atoms with Gasteiger partial charge in [0.2, 0.25) is 0 Å². The molecule has 96 valence electrons. The van der Waals surface area contributed by atoms with Crippen LogP contribution in [-0.4, -0.2) is 9.78 Å². The summed E-state index contributed by atoms with van der Waals surface area (Å²) in [5.41, 5.74) is 1.07. The van der Waals surface area contributed by atoms with Gasteiger partial charge in [0.15, 0.2) is 0 Å². The van der Waals surface area contributed by atoms with Crippen molar-refractivity contribution in [2.75, 3.05) is 5.32 Å². The highest BCUT2D eigenvalue weighted by Crippen LogP contribution is 2.23. The number of hydrogen-bond donors (Lipinski definition) is 1. The number of halogens is 2. The van der Waals surface area contributed by atoms with E-state index >= 15 is 0 Å². The van der Waals surface area contributed by atoms with Gasteiger partial charge in [0.05, 0.1) is 10.0 Å². The number of nitrogens with zero attached hydrogens (tertiary/aromatic N) is 2. The first kappa shape index (κ1) is 13.2. The van der Waals surface area contributed by atoms with E-state index in [1.54, 1.807) is 6.07 Å². The molecule has 0 spiro atoms. The van der Waals surface area contributed by atoms with Crippen molar-refractivity contribution in [3.63, 3.8) is 0 Å². The van der Waals surface area contributed by atoms with Crippen LogP contribution in [0.2, 0.25) is 10.0 Å². The summed E-state index contributed by atoms with van der Waals surface area (Å²) in [5, 5.41) is 8.81. The normalized spacial score (nSPS) is 10.9. The van der Waals surface area contributed by atoms with Crippen LogP contribution in [0.3, 0.4) is 0 Å². The largest absolute Gasteiger partial charge is 0.365 e. The average Bonchev–Trinajstić information content (AvgIpc) is 2.79. The topological polar surface area (TPSA) is 29.9 Å². The first-order valence-electron chi connectivity index (χ1n) is 5.79. The van der Waals surface area contributed by atoms with Crippen LogP contribution in [0.1, 0.15) is 25.5 Å². The predicted molar refractivity (Wildman–Crippen MR) is 76.4 cm³/mol. The number of anilines is 1. The Morgan fingerprint density at radius 2 is 2.00 bits per heavy atom. The summed E-state index contributed by atoms with van der Waals surface area (Å²) in [6.07, 6.45) is 1.96. The maximum Gasteiger partial charge on any atom is 0.148 e. The van der Waals surface area contributed by atoms with Crippen LogP contribution in [0.25, 0.3) is 0 Å². The predicted octanol–water partition coefficient (Wildman–Crippen LogP) is 4.38. The molecule has 18 heavy (non-hydrogen) atoms. The molecule has 3 nitrogen and oxygen atoms in total. The second-order valence-corrected chi connectivity index (χ2v) is 5.19. The molecular formula is C13H15Cl2N3. The first-order chi connectivity index (χ1) is 8.56. The molecule has 0 aliphatic heterocycles. The lowest BCUT2D eigenvalue weighted by molar-refractivity contribution is 0.534. The molecule has 2 rings (SSSR count). The minimum atomic E-state index is 0.366. The third-order valence-corrected chi connectivity index (χ3v) is 3.33. The first-order valence-corrected chi connectivity index (χ1v) is 6.55. The Bertz CT molecular complexity index is 535. The van der Waals surface area contributed by atoms with Gasteiger partial charge in [-0.3, -0.25) is 4.68 Å².